The highest BCUT2D eigenvalue weighted by Gasteiger charge is 2.23. The van der Waals surface area contributed by atoms with Gasteiger partial charge >= 0.3 is 0 Å². The fourth-order valence-electron chi connectivity index (χ4n) is 2.48. The third kappa shape index (κ3) is 5.22. The molecule has 0 aromatic heterocycles. The first-order valence-electron chi connectivity index (χ1n) is 8.25. The highest BCUT2D eigenvalue weighted by atomic mass is 35.5. The molecule has 0 saturated heterocycles. The Balaban J connectivity index is 2.09. The number of sulfone groups is 1. The van der Waals surface area contributed by atoms with Crippen LogP contribution in [0.3, 0.4) is 0 Å². The molecule has 0 saturated carbocycles. The molecule has 5 nitrogen and oxygen atoms in total. The van der Waals surface area contributed by atoms with Crippen LogP contribution in [0.1, 0.15) is 12.5 Å². The van der Waals surface area contributed by atoms with Crippen LogP contribution >= 0.6 is 11.6 Å². The molecule has 2 aromatic rings. The van der Waals surface area contributed by atoms with E-state index in [0.29, 0.717) is 18.1 Å². The molecule has 2 aromatic carbocycles. The van der Waals surface area contributed by atoms with Gasteiger partial charge in [-0.25, -0.2) is 8.42 Å². The maximum Gasteiger partial charge on any atom is 0.238 e. The van der Waals surface area contributed by atoms with Crippen LogP contribution in [0.15, 0.2) is 53.4 Å². The first-order valence-corrected chi connectivity index (χ1v) is 10.3. The van der Waals surface area contributed by atoms with Crippen molar-refractivity contribution in [3.8, 4) is 0 Å². The first kappa shape index (κ1) is 20.3. The predicted molar refractivity (Wildman–Crippen MR) is 105 cm³/mol. The van der Waals surface area contributed by atoms with E-state index in [1.807, 2.05) is 50.2 Å². The topological polar surface area (TPSA) is 57.7 Å². The van der Waals surface area contributed by atoms with Gasteiger partial charge in [0.05, 0.1) is 4.90 Å². The van der Waals surface area contributed by atoms with Gasteiger partial charge in [-0.3, -0.25) is 4.79 Å². The monoisotopic (exact) mass is 394 g/mol. The number of hydrogen-bond acceptors (Lipinski definition) is 4. The van der Waals surface area contributed by atoms with Gasteiger partial charge in [0.2, 0.25) is 5.91 Å². The number of rotatable bonds is 7. The highest BCUT2D eigenvalue weighted by molar-refractivity contribution is 7.92. The lowest BCUT2D eigenvalue weighted by Crippen LogP contribution is -2.35. The molecule has 0 atom stereocenters. The van der Waals surface area contributed by atoms with E-state index < -0.39 is 21.5 Å². The molecule has 0 unspecified atom stereocenters. The quantitative estimate of drug-likeness (QED) is 0.723. The number of benzene rings is 2. The number of nitrogens with zero attached hydrogens (tertiary/aromatic N) is 2. The van der Waals surface area contributed by atoms with Crippen molar-refractivity contribution in [2.75, 3.05) is 31.3 Å². The lowest BCUT2D eigenvalue weighted by Gasteiger charge is -2.21. The Hall–Kier alpha value is -2.05. The second-order valence-corrected chi connectivity index (χ2v) is 8.61. The standard InChI is InChI=1S/C19H23ClN2O3S/c1-4-22(13-15-5-9-17(10-6-15)21(2)3)19(23)14-26(24,25)18-11-7-16(20)8-12-18/h5-12H,4,13-14H2,1-3H3. The van der Waals surface area contributed by atoms with E-state index in [4.69, 9.17) is 11.6 Å². The number of anilines is 1. The molecule has 2 rings (SSSR count). The van der Waals surface area contributed by atoms with Crippen molar-refractivity contribution in [1.82, 2.24) is 4.90 Å². The minimum atomic E-state index is -3.70. The van der Waals surface area contributed by atoms with Gasteiger partial charge < -0.3 is 9.80 Å². The number of halogens is 1. The molecule has 0 N–H and O–H groups in total. The van der Waals surface area contributed by atoms with Crippen LogP contribution in [0.25, 0.3) is 0 Å². The average Bonchev–Trinajstić information content (AvgIpc) is 2.60. The third-order valence-electron chi connectivity index (χ3n) is 4.05. The van der Waals surface area contributed by atoms with Crippen molar-refractivity contribution >= 4 is 33.0 Å². The summed E-state index contributed by atoms with van der Waals surface area (Å²) in [5.41, 5.74) is 2.02. The fraction of sp³-hybridized carbons (Fsp3) is 0.316. The molecular formula is C19H23ClN2O3S. The van der Waals surface area contributed by atoms with Gasteiger partial charge in [-0.05, 0) is 48.9 Å². The Morgan fingerprint density at radius 2 is 1.58 bits per heavy atom. The first-order chi connectivity index (χ1) is 12.2. The minimum Gasteiger partial charge on any atom is -0.378 e. The summed E-state index contributed by atoms with van der Waals surface area (Å²) < 4.78 is 24.9. The number of hydrogen-bond donors (Lipinski definition) is 0. The summed E-state index contributed by atoms with van der Waals surface area (Å²) in [4.78, 5) is 16.2. The zero-order chi connectivity index (χ0) is 19.3. The maximum atomic E-state index is 12.5. The summed E-state index contributed by atoms with van der Waals surface area (Å²) in [5, 5.41) is 0.451. The summed E-state index contributed by atoms with van der Waals surface area (Å²) in [6.07, 6.45) is 0. The molecule has 1 amide bonds. The molecule has 0 spiro atoms. The summed E-state index contributed by atoms with van der Waals surface area (Å²) in [5.74, 6) is -0.975. The van der Waals surface area contributed by atoms with Crippen LogP contribution in [-0.4, -0.2) is 45.6 Å². The smallest absolute Gasteiger partial charge is 0.238 e. The molecule has 0 aliphatic carbocycles. The Morgan fingerprint density at radius 3 is 2.08 bits per heavy atom. The highest BCUT2D eigenvalue weighted by Crippen LogP contribution is 2.17. The van der Waals surface area contributed by atoms with E-state index >= 15 is 0 Å². The lowest BCUT2D eigenvalue weighted by molar-refractivity contribution is -0.128. The van der Waals surface area contributed by atoms with E-state index in [-0.39, 0.29) is 4.90 Å². The zero-order valence-corrected chi connectivity index (χ0v) is 16.7. The van der Waals surface area contributed by atoms with Gasteiger partial charge in [0, 0.05) is 37.9 Å². The summed E-state index contributed by atoms with van der Waals surface area (Å²) >= 11 is 5.79. The Labute approximate surface area is 160 Å². The largest absolute Gasteiger partial charge is 0.378 e. The van der Waals surface area contributed by atoms with Crippen LogP contribution in [-0.2, 0) is 21.2 Å². The molecule has 26 heavy (non-hydrogen) atoms. The van der Waals surface area contributed by atoms with Crippen molar-refractivity contribution in [2.24, 2.45) is 0 Å². The second-order valence-electron chi connectivity index (χ2n) is 6.18. The Morgan fingerprint density at radius 1 is 1.00 bits per heavy atom. The van der Waals surface area contributed by atoms with E-state index in [2.05, 4.69) is 0 Å². The number of carbonyl (C=O) groups excluding carboxylic acids is 1. The van der Waals surface area contributed by atoms with Crippen LogP contribution in [0, 0.1) is 0 Å². The Bertz CT molecular complexity index is 847. The summed E-state index contributed by atoms with van der Waals surface area (Å²) in [6, 6.07) is 13.7. The molecular weight excluding hydrogens is 372 g/mol. The number of carbonyl (C=O) groups is 1. The van der Waals surface area contributed by atoms with Crippen molar-refractivity contribution in [1.29, 1.82) is 0 Å². The van der Waals surface area contributed by atoms with E-state index in [0.717, 1.165) is 11.3 Å². The zero-order valence-electron chi connectivity index (χ0n) is 15.1. The third-order valence-corrected chi connectivity index (χ3v) is 5.92. The lowest BCUT2D eigenvalue weighted by atomic mass is 10.2. The average molecular weight is 395 g/mol. The van der Waals surface area contributed by atoms with Crippen molar-refractivity contribution in [3.05, 3.63) is 59.1 Å². The van der Waals surface area contributed by atoms with Crippen LogP contribution < -0.4 is 4.90 Å². The fourth-order valence-corrected chi connectivity index (χ4v) is 3.83. The Kier molecular flexibility index (Phi) is 6.67. The maximum absolute atomic E-state index is 12.5. The molecule has 0 radical (unpaired) electrons. The molecule has 0 aliphatic heterocycles. The van der Waals surface area contributed by atoms with Gasteiger partial charge in [0.1, 0.15) is 5.75 Å². The summed E-state index contributed by atoms with van der Waals surface area (Å²) in [6.45, 7) is 2.64. The number of amides is 1. The molecule has 0 fully saturated rings. The molecule has 7 heteroatoms. The van der Waals surface area contributed by atoms with Gasteiger partial charge in [-0.15, -0.1) is 0 Å². The van der Waals surface area contributed by atoms with Crippen LogP contribution in [0.5, 0.6) is 0 Å². The van der Waals surface area contributed by atoms with Crippen molar-refractivity contribution in [3.63, 3.8) is 0 Å². The summed E-state index contributed by atoms with van der Waals surface area (Å²) in [7, 11) is 0.216. The van der Waals surface area contributed by atoms with Crippen LogP contribution in [0.2, 0.25) is 5.02 Å². The predicted octanol–water partition coefficient (Wildman–Crippen LogP) is 3.23. The van der Waals surface area contributed by atoms with Crippen LogP contribution in [0.4, 0.5) is 5.69 Å². The normalized spacial score (nSPS) is 11.2. The SMILES string of the molecule is CCN(Cc1ccc(N(C)C)cc1)C(=O)CS(=O)(=O)c1ccc(Cl)cc1. The van der Waals surface area contributed by atoms with Crippen molar-refractivity contribution in [2.45, 2.75) is 18.4 Å². The minimum absolute atomic E-state index is 0.0987. The molecule has 0 heterocycles. The van der Waals surface area contributed by atoms with E-state index in [9.17, 15) is 13.2 Å². The molecule has 0 bridgehead atoms. The van der Waals surface area contributed by atoms with E-state index in [1.54, 1.807) is 0 Å². The molecule has 0 aliphatic rings. The molecule has 140 valence electrons. The van der Waals surface area contributed by atoms with Gasteiger partial charge in [0.25, 0.3) is 0 Å². The second kappa shape index (κ2) is 8.56. The van der Waals surface area contributed by atoms with Gasteiger partial charge in [-0.2, -0.15) is 0 Å². The van der Waals surface area contributed by atoms with Gasteiger partial charge in [0.15, 0.2) is 9.84 Å². The van der Waals surface area contributed by atoms with E-state index in [1.165, 1.54) is 29.2 Å². The van der Waals surface area contributed by atoms with Crippen molar-refractivity contribution < 1.29 is 13.2 Å². The van der Waals surface area contributed by atoms with Gasteiger partial charge in [-0.1, -0.05) is 23.7 Å².